The number of hydrogen-bond donors (Lipinski definition) is 2. The lowest BCUT2D eigenvalue weighted by Crippen LogP contribution is -2.41. The lowest BCUT2D eigenvalue weighted by Gasteiger charge is -2.32. The van der Waals surface area contributed by atoms with Crippen molar-refractivity contribution in [3.63, 3.8) is 0 Å². The van der Waals surface area contributed by atoms with Gasteiger partial charge in [0.25, 0.3) is 0 Å². The van der Waals surface area contributed by atoms with Gasteiger partial charge in [0.1, 0.15) is 17.9 Å². The zero-order valence-electron chi connectivity index (χ0n) is 18.2. The van der Waals surface area contributed by atoms with Gasteiger partial charge in [0.15, 0.2) is 0 Å². The van der Waals surface area contributed by atoms with Gasteiger partial charge in [-0.25, -0.2) is 9.59 Å². The molecule has 1 aliphatic rings. The fraction of sp³-hybridized carbons (Fsp3) is 0.364. The van der Waals surface area contributed by atoms with E-state index in [1.807, 2.05) is 58.0 Å². The summed E-state index contributed by atoms with van der Waals surface area (Å²) in [5.74, 6) is -1.08. The van der Waals surface area contributed by atoms with Crippen LogP contribution >= 0.6 is 0 Å². The SMILES string of the molecule is COc1cc(NC(=O)OCc2ccccc2)c(B2OC(C)(C)C(C)(C)O2)cc1C(=O)O. The Bertz CT molecular complexity index is 959. The summed E-state index contributed by atoms with van der Waals surface area (Å²) >= 11 is 0. The van der Waals surface area contributed by atoms with Gasteiger partial charge in [-0.2, -0.15) is 0 Å². The van der Waals surface area contributed by atoms with Crippen LogP contribution in [0.4, 0.5) is 10.5 Å². The molecule has 0 aromatic heterocycles. The largest absolute Gasteiger partial charge is 0.497 e. The molecule has 0 radical (unpaired) electrons. The normalized spacial score (nSPS) is 16.6. The Morgan fingerprint density at radius 2 is 1.68 bits per heavy atom. The minimum Gasteiger partial charge on any atom is -0.496 e. The number of carboxylic acid groups (broad SMARTS) is 1. The summed E-state index contributed by atoms with van der Waals surface area (Å²) in [6.45, 7) is 7.63. The van der Waals surface area contributed by atoms with Crippen LogP contribution in [-0.4, -0.2) is 42.6 Å². The molecule has 2 aromatic carbocycles. The number of methoxy groups -OCH3 is 1. The maximum absolute atomic E-state index is 12.5. The second-order valence-corrected chi connectivity index (χ2v) is 8.22. The Morgan fingerprint density at radius 3 is 2.23 bits per heavy atom. The summed E-state index contributed by atoms with van der Waals surface area (Å²) in [5.41, 5.74) is 0.1000. The van der Waals surface area contributed by atoms with Gasteiger partial charge in [-0.15, -0.1) is 0 Å². The van der Waals surface area contributed by atoms with E-state index >= 15 is 0 Å². The number of hydrogen-bond acceptors (Lipinski definition) is 6. The van der Waals surface area contributed by atoms with Crippen LogP contribution in [-0.2, 0) is 20.7 Å². The highest BCUT2D eigenvalue weighted by Crippen LogP contribution is 2.37. The summed E-state index contributed by atoms with van der Waals surface area (Å²) in [7, 11) is 0.465. The Balaban J connectivity index is 1.90. The predicted molar refractivity (Wildman–Crippen MR) is 116 cm³/mol. The average Bonchev–Trinajstić information content (AvgIpc) is 2.93. The molecule has 1 amide bonds. The lowest BCUT2D eigenvalue weighted by atomic mass is 9.76. The molecule has 1 fully saturated rings. The maximum atomic E-state index is 12.5. The molecule has 164 valence electrons. The summed E-state index contributed by atoms with van der Waals surface area (Å²) < 4.78 is 22.6. The van der Waals surface area contributed by atoms with Crippen LogP contribution in [0.3, 0.4) is 0 Å². The fourth-order valence-corrected chi connectivity index (χ4v) is 3.08. The van der Waals surface area contributed by atoms with Crippen LogP contribution in [0.5, 0.6) is 5.75 Å². The van der Waals surface area contributed by atoms with E-state index in [1.165, 1.54) is 19.2 Å². The first kappa shape index (κ1) is 22.6. The number of ether oxygens (including phenoxy) is 2. The highest BCUT2D eigenvalue weighted by atomic mass is 16.7. The minimum atomic E-state index is -1.17. The number of nitrogens with one attached hydrogen (secondary N) is 1. The van der Waals surface area contributed by atoms with Crippen molar-refractivity contribution in [2.45, 2.75) is 45.5 Å². The van der Waals surface area contributed by atoms with Crippen molar-refractivity contribution in [2.24, 2.45) is 0 Å². The molecule has 8 nitrogen and oxygen atoms in total. The molecule has 1 aliphatic heterocycles. The highest BCUT2D eigenvalue weighted by molar-refractivity contribution is 6.64. The van der Waals surface area contributed by atoms with Gasteiger partial charge in [-0.3, -0.25) is 5.32 Å². The standard InChI is InChI=1S/C22H26BNO7/c1-21(2)22(3,4)31-23(30-21)16-11-15(19(25)26)18(28-5)12-17(16)24-20(27)29-13-14-9-7-6-8-10-14/h6-12H,13H2,1-5H3,(H,24,27)(H,25,26). The quantitative estimate of drug-likeness (QED) is 0.681. The third-order valence-corrected chi connectivity index (χ3v) is 5.56. The first-order valence-electron chi connectivity index (χ1n) is 9.82. The minimum absolute atomic E-state index is 0.0737. The summed E-state index contributed by atoms with van der Waals surface area (Å²) in [5, 5.41) is 12.2. The van der Waals surface area contributed by atoms with Gasteiger partial charge in [-0.05, 0) is 39.3 Å². The molecule has 0 aliphatic carbocycles. The first-order valence-corrected chi connectivity index (χ1v) is 9.82. The predicted octanol–water partition coefficient (Wildman–Crippen LogP) is 3.44. The number of aromatic carboxylic acids is 1. The van der Waals surface area contributed by atoms with E-state index in [0.29, 0.717) is 5.46 Å². The highest BCUT2D eigenvalue weighted by Gasteiger charge is 2.52. The summed E-state index contributed by atoms with van der Waals surface area (Å²) in [6.07, 6.45) is -0.702. The van der Waals surface area contributed by atoms with E-state index in [9.17, 15) is 14.7 Å². The van der Waals surface area contributed by atoms with Gasteiger partial charge in [0, 0.05) is 17.2 Å². The van der Waals surface area contributed by atoms with Crippen LogP contribution in [0, 0.1) is 0 Å². The van der Waals surface area contributed by atoms with Crippen LogP contribution < -0.4 is 15.5 Å². The topological polar surface area (TPSA) is 103 Å². The molecule has 2 N–H and O–H groups in total. The number of benzene rings is 2. The van der Waals surface area contributed by atoms with Gasteiger partial charge in [0.05, 0.1) is 18.3 Å². The zero-order valence-corrected chi connectivity index (χ0v) is 18.2. The van der Waals surface area contributed by atoms with Crippen molar-refractivity contribution < 1.29 is 33.5 Å². The molecule has 1 saturated heterocycles. The summed E-state index contributed by atoms with van der Waals surface area (Å²) in [4.78, 5) is 24.2. The zero-order chi connectivity index (χ0) is 22.8. The molecule has 3 rings (SSSR count). The van der Waals surface area contributed by atoms with Crippen molar-refractivity contribution >= 4 is 30.3 Å². The van der Waals surface area contributed by atoms with Crippen LogP contribution in [0.2, 0.25) is 0 Å². The Kier molecular flexibility index (Phi) is 6.29. The average molecular weight is 427 g/mol. The Morgan fingerprint density at radius 1 is 1.06 bits per heavy atom. The molecule has 0 saturated carbocycles. The molecule has 0 atom stereocenters. The molecular formula is C22H26BNO7. The monoisotopic (exact) mass is 427 g/mol. The van der Waals surface area contributed by atoms with Crippen molar-refractivity contribution in [1.82, 2.24) is 0 Å². The van der Waals surface area contributed by atoms with E-state index < -0.39 is 30.4 Å². The number of amides is 1. The van der Waals surface area contributed by atoms with Gasteiger partial charge >= 0.3 is 19.2 Å². The number of carbonyl (C=O) groups is 2. The van der Waals surface area contributed by atoms with Crippen molar-refractivity contribution in [3.05, 3.63) is 53.6 Å². The molecule has 0 bridgehead atoms. The molecule has 0 spiro atoms. The Labute approximate surface area is 181 Å². The van der Waals surface area contributed by atoms with E-state index in [2.05, 4.69) is 5.32 Å². The van der Waals surface area contributed by atoms with Crippen molar-refractivity contribution in [3.8, 4) is 5.75 Å². The maximum Gasteiger partial charge on any atom is 0.497 e. The Hall–Kier alpha value is -3.04. The molecular weight excluding hydrogens is 401 g/mol. The van der Waals surface area contributed by atoms with Crippen LogP contribution in [0.15, 0.2) is 42.5 Å². The molecule has 2 aromatic rings. The van der Waals surface area contributed by atoms with Crippen molar-refractivity contribution in [2.75, 3.05) is 12.4 Å². The first-order chi connectivity index (χ1) is 14.5. The van der Waals surface area contributed by atoms with Crippen LogP contribution in [0.25, 0.3) is 0 Å². The smallest absolute Gasteiger partial charge is 0.496 e. The molecule has 9 heteroatoms. The second kappa shape index (κ2) is 8.60. The number of rotatable bonds is 6. The molecule has 31 heavy (non-hydrogen) atoms. The van der Waals surface area contributed by atoms with E-state index in [4.69, 9.17) is 18.8 Å². The van der Waals surface area contributed by atoms with E-state index in [0.717, 1.165) is 5.56 Å². The van der Waals surface area contributed by atoms with Gasteiger partial charge < -0.3 is 23.9 Å². The second-order valence-electron chi connectivity index (χ2n) is 8.22. The van der Waals surface area contributed by atoms with Crippen molar-refractivity contribution in [1.29, 1.82) is 0 Å². The molecule has 0 unspecified atom stereocenters. The van der Waals surface area contributed by atoms with Gasteiger partial charge in [-0.1, -0.05) is 30.3 Å². The third-order valence-electron chi connectivity index (χ3n) is 5.56. The lowest BCUT2D eigenvalue weighted by molar-refractivity contribution is 0.00578. The van der Waals surface area contributed by atoms with E-state index in [1.54, 1.807) is 0 Å². The van der Waals surface area contributed by atoms with E-state index in [-0.39, 0.29) is 23.6 Å². The molecule has 1 heterocycles. The third kappa shape index (κ3) is 4.83. The summed E-state index contributed by atoms with van der Waals surface area (Å²) in [6, 6.07) is 12.1. The number of carbonyl (C=O) groups excluding carboxylic acids is 1. The fourth-order valence-electron chi connectivity index (χ4n) is 3.08. The van der Waals surface area contributed by atoms with Gasteiger partial charge in [0.2, 0.25) is 0 Å². The van der Waals surface area contributed by atoms with Crippen LogP contribution in [0.1, 0.15) is 43.6 Å². The number of carboxylic acids is 1. The number of anilines is 1.